The van der Waals surface area contributed by atoms with Crippen molar-refractivity contribution < 1.29 is 37.5 Å². The van der Waals surface area contributed by atoms with Gasteiger partial charge in [-0.1, -0.05) is 0 Å². The number of hydrogen-bond donors (Lipinski definition) is 3. The summed E-state index contributed by atoms with van der Waals surface area (Å²) in [5.74, 6) is -3.50. The zero-order valence-corrected chi connectivity index (χ0v) is 18.1. The van der Waals surface area contributed by atoms with Crippen LogP contribution in [0.4, 0.5) is 0 Å². The maximum absolute atomic E-state index is 10.2. The van der Waals surface area contributed by atoms with Crippen LogP contribution in [-0.4, -0.2) is 78.3 Å². The third kappa shape index (κ3) is 20.0. The van der Waals surface area contributed by atoms with Gasteiger partial charge in [-0.15, -0.1) is 0 Å². The molecule has 0 amide bonds. The van der Waals surface area contributed by atoms with E-state index in [0.717, 1.165) is 6.61 Å². The zero-order chi connectivity index (χ0) is 19.9. The number of carboxylic acids is 2. The molecule has 0 aliphatic heterocycles. The minimum absolute atomic E-state index is 0.542. The largest absolute Gasteiger partial charge is 0.481 e. The molecular formula is C15H29NaO8S. The molecule has 0 spiro atoms. The molecule has 0 aromatic carbocycles. The first-order chi connectivity index (χ1) is 11.5. The Labute approximate surface area is 167 Å². The summed E-state index contributed by atoms with van der Waals surface area (Å²) in [6, 6.07) is 0. The topological polar surface area (TPSA) is 138 Å². The van der Waals surface area contributed by atoms with Crippen LogP contribution in [-0.2, 0) is 24.4 Å². The summed E-state index contributed by atoms with van der Waals surface area (Å²) in [5, 5.41) is 13.9. The summed E-state index contributed by atoms with van der Waals surface area (Å²) in [7, 11) is -4.84. The standard InChI is InChI=1S/C11H23O.C4H6O7S.Na/c1-3-5-6-7-8-9-10-11-12-4-2;5-3(6)1-2(4(7)8)12(9,10)11;/h4H,3,5-11H2,1-2H3;2H,1H2,(H,5,6)(H,7,8)(H,9,10,11);. The quantitative estimate of drug-likeness (QED) is 0.246. The van der Waals surface area contributed by atoms with E-state index < -0.39 is 33.7 Å². The second-order valence-electron chi connectivity index (χ2n) is 5.98. The maximum Gasteiger partial charge on any atom is 0.325 e. The van der Waals surface area contributed by atoms with E-state index >= 15 is 0 Å². The third-order valence-electron chi connectivity index (χ3n) is 3.19. The van der Waals surface area contributed by atoms with E-state index in [-0.39, 0.29) is 0 Å². The minimum Gasteiger partial charge on any atom is -0.481 e. The van der Waals surface area contributed by atoms with E-state index in [4.69, 9.17) is 19.5 Å². The Morgan fingerprint density at radius 1 is 1.04 bits per heavy atom. The van der Waals surface area contributed by atoms with Gasteiger partial charge in [0, 0.05) is 0 Å². The first kappa shape index (κ1) is 27.0. The monoisotopic (exact) mass is 392 g/mol. The maximum atomic E-state index is 10.2. The Bertz CT molecular complexity index is 464. The predicted octanol–water partition coefficient (Wildman–Crippen LogP) is 2.07. The van der Waals surface area contributed by atoms with E-state index in [9.17, 15) is 18.0 Å². The average molecular weight is 392 g/mol. The Morgan fingerprint density at radius 2 is 1.52 bits per heavy atom. The number of rotatable bonds is 13. The Balaban J connectivity index is 0. The van der Waals surface area contributed by atoms with E-state index in [1.54, 1.807) is 0 Å². The molecule has 3 N–H and O–H groups in total. The van der Waals surface area contributed by atoms with Crippen LogP contribution in [0, 0.1) is 0 Å². The van der Waals surface area contributed by atoms with Gasteiger partial charge in [0.1, 0.15) is 0 Å². The molecule has 0 aromatic heterocycles. The van der Waals surface area contributed by atoms with Crippen molar-refractivity contribution in [1.29, 1.82) is 0 Å². The minimum atomic E-state index is -4.84. The Kier molecular flexibility index (Phi) is 17.3. The van der Waals surface area contributed by atoms with Crippen molar-refractivity contribution in [3.05, 3.63) is 0 Å². The van der Waals surface area contributed by atoms with Gasteiger partial charge in [0.2, 0.25) is 0 Å². The van der Waals surface area contributed by atoms with Crippen molar-refractivity contribution in [2.24, 2.45) is 0 Å². The van der Waals surface area contributed by atoms with Crippen molar-refractivity contribution in [3.63, 3.8) is 0 Å². The van der Waals surface area contributed by atoms with Gasteiger partial charge in [0.15, 0.2) is 5.25 Å². The molecule has 0 aliphatic carbocycles. The first-order valence-electron chi connectivity index (χ1n) is 8.54. The second kappa shape index (κ2) is 16.0. The van der Waals surface area contributed by atoms with Gasteiger partial charge in [0.05, 0.1) is 6.42 Å². The van der Waals surface area contributed by atoms with Crippen LogP contribution in [0.1, 0.15) is 65.2 Å². The van der Waals surface area contributed by atoms with Gasteiger partial charge >= 0.3 is 113 Å². The molecule has 0 aliphatic rings. The fraction of sp³-hybridized carbons (Fsp3) is 0.867. The van der Waals surface area contributed by atoms with Crippen LogP contribution in [0.5, 0.6) is 0 Å². The third-order valence-corrected chi connectivity index (χ3v) is 4.61. The van der Waals surface area contributed by atoms with Gasteiger partial charge in [-0.05, 0) is 0 Å². The van der Waals surface area contributed by atoms with Gasteiger partial charge in [0.25, 0.3) is 10.1 Å². The number of unbranched alkanes of at least 4 members (excludes halogenated alkanes) is 6. The van der Waals surface area contributed by atoms with Crippen molar-refractivity contribution in [2.75, 3.05) is 6.61 Å². The van der Waals surface area contributed by atoms with Crippen LogP contribution < -0.4 is 0 Å². The fourth-order valence-corrected chi connectivity index (χ4v) is 2.70. The molecule has 2 atom stereocenters. The number of aliphatic carboxylic acids is 2. The normalized spacial score (nSPS) is 13.5. The van der Waals surface area contributed by atoms with Gasteiger partial charge in [-0.2, -0.15) is 8.42 Å². The summed E-state index contributed by atoms with van der Waals surface area (Å²) >= 11 is 1.17. The summed E-state index contributed by atoms with van der Waals surface area (Å²) in [6.07, 6.45) is 8.47. The molecule has 0 radical (unpaired) electrons. The van der Waals surface area contributed by atoms with Gasteiger partial charge < -0.3 is 10.2 Å². The molecule has 0 saturated carbocycles. The molecule has 10 heteroatoms. The average Bonchev–Trinajstić information content (AvgIpc) is 2.46. The van der Waals surface area contributed by atoms with Crippen LogP contribution in [0.3, 0.4) is 0 Å². The second-order valence-corrected chi connectivity index (χ2v) is 9.21. The molecule has 8 nitrogen and oxygen atoms in total. The summed E-state index contributed by atoms with van der Waals surface area (Å²) in [5.41, 5.74) is 0. The Hall–Kier alpha value is -0.190. The number of ether oxygens (including phenoxy) is 1. The van der Waals surface area contributed by atoms with Crippen LogP contribution in [0.25, 0.3) is 0 Å². The van der Waals surface area contributed by atoms with Crippen LogP contribution in [0.2, 0.25) is 0 Å². The number of carboxylic acid groups (broad SMARTS) is 2. The molecule has 2 unspecified atom stereocenters. The van der Waals surface area contributed by atoms with E-state index in [0.29, 0.717) is 3.35 Å². The molecule has 25 heavy (non-hydrogen) atoms. The first-order valence-corrected chi connectivity index (χ1v) is 11.2. The molecule has 0 fully saturated rings. The Morgan fingerprint density at radius 3 is 1.84 bits per heavy atom. The molecule has 0 bridgehead atoms. The smallest absolute Gasteiger partial charge is 0.325 e. The summed E-state index contributed by atoms with van der Waals surface area (Å²) < 4.78 is 34.7. The van der Waals surface area contributed by atoms with E-state index in [1.165, 1.54) is 72.9 Å². The SMILES string of the molecule is CCCCCCCCCO[CH](C)[Na].O=C(O)CC(C(=O)O)S(=O)(=O)O. The molecule has 0 saturated heterocycles. The molecule has 0 aromatic rings. The fourth-order valence-electron chi connectivity index (χ4n) is 1.86. The van der Waals surface area contributed by atoms with Crippen molar-refractivity contribution in [1.82, 2.24) is 0 Å². The summed E-state index contributed by atoms with van der Waals surface area (Å²) in [4.78, 5) is 20.0. The molecule has 0 heterocycles. The van der Waals surface area contributed by atoms with Crippen molar-refractivity contribution >= 4 is 50.0 Å². The number of hydrogen-bond acceptors (Lipinski definition) is 5. The van der Waals surface area contributed by atoms with Gasteiger partial charge in [-0.3, -0.25) is 14.1 Å². The van der Waals surface area contributed by atoms with Crippen molar-refractivity contribution in [3.8, 4) is 0 Å². The van der Waals surface area contributed by atoms with Crippen LogP contribution in [0.15, 0.2) is 0 Å². The van der Waals surface area contributed by atoms with Gasteiger partial charge in [-0.25, -0.2) is 0 Å². The van der Waals surface area contributed by atoms with E-state index in [2.05, 4.69) is 13.8 Å². The molecular weight excluding hydrogens is 363 g/mol. The summed E-state index contributed by atoms with van der Waals surface area (Å²) in [6.45, 7) is 5.41. The molecule has 144 valence electrons. The molecule has 0 rings (SSSR count). The predicted molar refractivity (Wildman–Crippen MR) is 94.4 cm³/mol. The number of carbonyl (C=O) groups is 2. The van der Waals surface area contributed by atoms with E-state index in [1.807, 2.05) is 0 Å². The van der Waals surface area contributed by atoms with Crippen LogP contribution >= 0.6 is 0 Å². The zero-order valence-electron chi connectivity index (χ0n) is 15.3. The van der Waals surface area contributed by atoms with Crippen molar-refractivity contribution in [2.45, 2.75) is 73.8 Å².